The van der Waals surface area contributed by atoms with Crippen LogP contribution in [0.4, 0.5) is 13.2 Å². The van der Waals surface area contributed by atoms with Crippen molar-refractivity contribution in [2.45, 2.75) is 19.5 Å². The minimum atomic E-state index is -4.34. The molecule has 0 saturated carbocycles. The largest absolute Gasteiger partial charge is 0.482 e. The second kappa shape index (κ2) is 5.16. The molecule has 2 N–H and O–H groups in total. The molecule has 0 unspecified atom stereocenters. The van der Waals surface area contributed by atoms with Crippen LogP contribution >= 0.6 is 0 Å². The number of aryl methyl sites for hydroxylation is 1. The fraction of sp³-hybridized carbons (Fsp3) is 0.500. The number of nitrogens with zero attached hydrogens (tertiary/aromatic N) is 1. The summed E-state index contributed by atoms with van der Waals surface area (Å²) >= 11 is 0. The number of rotatable bonds is 4. The first-order valence-electron chi connectivity index (χ1n) is 4.78. The second-order valence-electron chi connectivity index (χ2n) is 3.34. The molecule has 0 aromatic carbocycles. The molecule has 0 aliphatic rings. The number of ether oxygens (including phenoxy) is 1. The molecule has 90 valence electrons. The summed E-state index contributed by atoms with van der Waals surface area (Å²) < 4.78 is 40.6. The fourth-order valence-corrected chi connectivity index (χ4v) is 1.20. The number of hydrogen-bond donors (Lipinski definition) is 1. The Kier molecular flexibility index (Phi) is 4.12. The van der Waals surface area contributed by atoms with Crippen molar-refractivity contribution in [3.8, 4) is 5.75 Å². The molecule has 1 aromatic rings. The molecule has 1 heterocycles. The quantitative estimate of drug-likeness (QED) is 0.864. The van der Waals surface area contributed by atoms with Crippen LogP contribution in [0.2, 0.25) is 0 Å². The zero-order chi connectivity index (χ0) is 12.2. The van der Waals surface area contributed by atoms with E-state index in [1.807, 2.05) is 0 Å². The third kappa shape index (κ3) is 4.06. The molecule has 1 aromatic heterocycles. The summed E-state index contributed by atoms with van der Waals surface area (Å²) in [5.74, 6) is 0.147. The SMILES string of the molecule is Cc1ccc(OCC(F)(F)F)c(CCN)n1. The van der Waals surface area contributed by atoms with Gasteiger partial charge in [-0.3, -0.25) is 4.98 Å². The molecule has 6 heteroatoms. The minimum Gasteiger partial charge on any atom is -0.482 e. The molecular weight excluding hydrogens is 221 g/mol. The van der Waals surface area contributed by atoms with Crippen LogP contribution in [0.25, 0.3) is 0 Å². The summed E-state index contributed by atoms with van der Waals surface area (Å²) in [6, 6.07) is 3.09. The van der Waals surface area contributed by atoms with Crippen molar-refractivity contribution in [2.24, 2.45) is 5.73 Å². The number of alkyl halides is 3. The van der Waals surface area contributed by atoms with Gasteiger partial charge in [-0.2, -0.15) is 13.2 Å². The maximum absolute atomic E-state index is 12.0. The molecule has 16 heavy (non-hydrogen) atoms. The molecule has 0 aliphatic heterocycles. The fourth-order valence-electron chi connectivity index (χ4n) is 1.20. The van der Waals surface area contributed by atoms with Crippen molar-refractivity contribution in [1.29, 1.82) is 0 Å². The highest BCUT2D eigenvalue weighted by Gasteiger charge is 2.28. The highest BCUT2D eigenvalue weighted by atomic mass is 19.4. The molecule has 0 spiro atoms. The van der Waals surface area contributed by atoms with Gasteiger partial charge in [0.15, 0.2) is 6.61 Å². The third-order valence-corrected chi connectivity index (χ3v) is 1.84. The van der Waals surface area contributed by atoms with Gasteiger partial charge in [0, 0.05) is 12.1 Å². The van der Waals surface area contributed by atoms with Crippen LogP contribution in [-0.4, -0.2) is 24.3 Å². The van der Waals surface area contributed by atoms with Gasteiger partial charge in [0.2, 0.25) is 0 Å². The van der Waals surface area contributed by atoms with E-state index in [0.29, 0.717) is 18.7 Å². The molecule has 1 rings (SSSR count). The first-order chi connectivity index (χ1) is 7.42. The van der Waals surface area contributed by atoms with E-state index in [-0.39, 0.29) is 5.75 Å². The Labute approximate surface area is 91.4 Å². The van der Waals surface area contributed by atoms with E-state index in [1.54, 1.807) is 13.0 Å². The number of nitrogens with two attached hydrogens (primary N) is 1. The first-order valence-corrected chi connectivity index (χ1v) is 4.78. The molecule has 0 atom stereocenters. The molecule has 0 fully saturated rings. The topological polar surface area (TPSA) is 48.1 Å². The van der Waals surface area contributed by atoms with Crippen molar-refractivity contribution < 1.29 is 17.9 Å². The van der Waals surface area contributed by atoms with Crippen LogP contribution in [0.3, 0.4) is 0 Å². The summed E-state index contributed by atoms with van der Waals surface area (Å²) in [6.45, 7) is 0.766. The lowest BCUT2D eigenvalue weighted by molar-refractivity contribution is -0.153. The standard InChI is InChI=1S/C10H13F3N2O/c1-7-2-3-9(8(15-7)4-5-14)16-6-10(11,12)13/h2-3H,4-6,14H2,1H3. The van der Waals surface area contributed by atoms with Gasteiger partial charge < -0.3 is 10.5 Å². The monoisotopic (exact) mass is 234 g/mol. The summed E-state index contributed by atoms with van der Waals surface area (Å²) in [5, 5.41) is 0. The van der Waals surface area contributed by atoms with Crippen LogP contribution in [0.1, 0.15) is 11.4 Å². The highest BCUT2D eigenvalue weighted by Crippen LogP contribution is 2.21. The highest BCUT2D eigenvalue weighted by molar-refractivity contribution is 5.29. The Bertz CT molecular complexity index is 352. The maximum atomic E-state index is 12.0. The van der Waals surface area contributed by atoms with Crippen molar-refractivity contribution in [1.82, 2.24) is 4.98 Å². The Morgan fingerprint density at radius 1 is 1.38 bits per heavy atom. The van der Waals surface area contributed by atoms with Gasteiger partial charge in [-0.25, -0.2) is 0 Å². The second-order valence-corrected chi connectivity index (χ2v) is 3.34. The van der Waals surface area contributed by atoms with Crippen LogP contribution in [-0.2, 0) is 6.42 Å². The number of pyridine rings is 1. The maximum Gasteiger partial charge on any atom is 0.422 e. The van der Waals surface area contributed by atoms with E-state index in [0.717, 1.165) is 5.69 Å². The Balaban J connectivity index is 2.78. The number of halogens is 3. The normalized spacial score (nSPS) is 11.6. The molecule has 0 bridgehead atoms. The Hall–Kier alpha value is -1.30. The average Bonchev–Trinajstić information content (AvgIpc) is 2.15. The van der Waals surface area contributed by atoms with Crippen molar-refractivity contribution in [2.75, 3.05) is 13.2 Å². The molecule has 0 saturated heterocycles. The molecule has 0 aliphatic carbocycles. The minimum absolute atomic E-state index is 0.147. The van der Waals surface area contributed by atoms with Gasteiger partial charge in [-0.15, -0.1) is 0 Å². The van der Waals surface area contributed by atoms with Gasteiger partial charge in [0.05, 0.1) is 5.69 Å². The Morgan fingerprint density at radius 2 is 2.06 bits per heavy atom. The Morgan fingerprint density at radius 3 is 2.62 bits per heavy atom. The van der Waals surface area contributed by atoms with Gasteiger partial charge in [-0.1, -0.05) is 0 Å². The van der Waals surface area contributed by atoms with E-state index in [2.05, 4.69) is 9.72 Å². The first kappa shape index (κ1) is 12.8. The van der Waals surface area contributed by atoms with Gasteiger partial charge in [0.25, 0.3) is 0 Å². The lowest BCUT2D eigenvalue weighted by atomic mass is 10.2. The number of hydrogen-bond acceptors (Lipinski definition) is 3. The van der Waals surface area contributed by atoms with E-state index >= 15 is 0 Å². The number of aromatic nitrogens is 1. The van der Waals surface area contributed by atoms with Gasteiger partial charge in [0.1, 0.15) is 5.75 Å². The molecular formula is C10H13F3N2O. The van der Waals surface area contributed by atoms with Crippen molar-refractivity contribution in [3.63, 3.8) is 0 Å². The van der Waals surface area contributed by atoms with E-state index in [1.165, 1.54) is 6.07 Å². The van der Waals surface area contributed by atoms with Gasteiger partial charge >= 0.3 is 6.18 Å². The predicted molar refractivity (Wildman–Crippen MR) is 53.3 cm³/mol. The van der Waals surface area contributed by atoms with Crippen LogP contribution in [0.5, 0.6) is 5.75 Å². The van der Waals surface area contributed by atoms with E-state index < -0.39 is 12.8 Å². The average molecular weight is 234 g/mol. The zero-order valence-corrected chi connectivity index (χ0v) is 8.84. The van der Waals surface area contributed by atoms with E-state index in [9.17, 15) is 13.2 Å². The molecule has 0 amide bonds. The molecule has 3 nitrogen and oxygen atoms in total. The molecule has 0 radical (unpaired) electrons. The summed E-state index contributed by atoms with van der Waals surface area (Å²) in [5.41, 5.74) is 6.53. The summed E-state index contributed by atoms with van der Waals surface area (Å²) in [4.78, 5) is 4.09. The zero-order valence-electron chi connectivity index (χ0n) is 8.84. The van der Waals surface area contributed by atoms with Crippen LogP contribution < -0.4 is 10.5 Å². The van der Waals surface area contributed by atoms with E-state index in [4.69, 9.17) is 5.73 Å². The summed E-state index contributed by atoms with van der Waals surface area (Å²) in [7, 11) is 0. The van der Waals surface area contributed by atoms with Crippen molar-refractivity contribution in [3.05, 3.63) is 23.5 Å². The predicted octanol–water partition coefficient (Wildman–Crippen LogP) is 1.83. The third-order valence-electron chi connectivity index (χ3n) is 1.84. The van der Waals surface area contributed by atoms with Crippen molar-refractivity contribution >= 4 is 0 Å². The lowest BCUT2D eigenvalue weighted by Crippen LogP contribution is -2.20. The van der Waals surface area contributed by atoms with Crippen LogP contribution in [0.15, 0.2) is 12.1 Å². The van der Waals surface area contributed by atoms with Gasteiger partial charge in [-0.05, 0) is 25.6 Å². The summed E-state index contributed by atoms with van der Waals surface area (Å²) in [6.07, 6.45) is -3.94. The lowest BCUT2D eigenvalue weighted by Gasteiger charge is -2.12. The smallest absolute Gasteiger partial charge is 0.422 e. The van der Waals surface area contributed by atoms with Crippen LogP contribution in [0, 0.1) is 6.92 Å².